The van der Waals surface area contributed by atoms with Gasteiger partial charge in [-0.25, -0.2) is 9.67 Å². The Kier molecular flexibility index (Phi) is 3.94. The fraction of sp³-hybridized carbons (Fsp3) is 0.0714. The Balaban J connectivity index is 1.81. The Morgan fingerprint density at radius 2 is 1.88 bits per heavy atom. The Bertz CT molecular complexity index is 846. The van der Waals surface area contributed by atoms with Crippen LogP contribution in [0.15, 0.2) is 49.1 Å². The van der Waals surface area contributed by atoms with E-state index in [0.717, 1.165) is 12.1 Å². The lowest BCUT2D eigenvalue weighted by Gasteiger charge is -2.13. The van der Waals surface area contributed by atoms with E-state index >= 15 is 0 Å². The number of anilines is 1. The third kappa shape index (κ3) is 3.21. The Labute approximate surface area is 133 Å². The van der Waals surface area contributed by atoms with Gasteiger partial charge in [0.1, 0.15) is 12.7 Å². The number of aromatic nitrogens is 5. The monoisotopic (exact) mass is 334 g/mol. The van der Waals surface area contributed by atoms with Crippen LogP contribution in [-0.2, 0) is 6.18 Å². The molecule has 24 heavy (non-hydrogen) atoms. The zero-order chi connectivity index (χ0) is 17.2. The molecule has 7 nitrogen and oxygen atoms in total. The van der Waals surface area contributed by atoms with Gasteiger partial charge in [-0.05, 0) is 24.3 Å². The Hall–Kier alpha value is -3.30. The molecular weight excluding hydrogens is 325 g/mol. The summed E-state index contributed by atoms with van der Waals surface area (Å²) in [6.45, 7) is 0. The van der Waals surface area contributed by atoms with Gasteiger partial charge in [-0.15, -0.1) is 10.2 Å². The van der Waals surface area contributed by atoms with Crippen LogP contribution in [0.4, 0.5) is 18.9 Å². The molecule has 0 aliphatic rings. The molecule has 0 saturated carbocycles. The largest absolute Gasteiger partial charge is 0.418 e. The molecule has 1 N–H and O–H groups in total. The number of para-hydroxylation sites is 1. The van der Waals surface area contributed by atoms with Gasteiger partial charge in [0.2, 0.25) is 0 Å². The molecule has 0 aliphatic carbocycles. The molecule has 2 heterocycles. The number of nitrogens with zero attached hydrogens (tertiary/aromatic N) is 5. The maximum atomic E-state index is 12.9. The van der Waals surface area contributed by atoms with Crippen molar-refractivity contribution in [1.29, 1.82) is 0 Å². The van der Waals surface area contributed by atoms with Crippen LogP contribution in [0.2, 0.25) is 0 Å². The summed E-state index contributed by atoms with van der Waals surface area (Å²) in [7, 11) is 0. The summed E-state index contributed by atoms with van der Waals surface area (Å²) in [5.74, 6) is -0.482. The molecule has 10 heteroatoms. The van der Waals surface area contributed by atoms with Gasteiger partial charge in [0.05, 0.1) is 11.3 Å². The van der Waals surface area contributed by atoms with Gasteiger partial charge < -0.3 is 5.32 Å². The first-order valence-electron chi connectivity index (χ1n) is 6.61. The van der Waals surface area contributed by atoms with E-state index < -0.39 is 17.6 Å². The van der Waals surface area contributed by atoms with Crippen LogP contribution in [0.3, 0.4) is 0 Å². The van der Waals surface area contributed by atoms with E-state index in [1.54, 1.807) is 0 Å². The van der Waals surface area contributed by atoms with E-state index in [9.17, 15) is 18.0 Å². The second kappa shape index (κ2) is 6.07. The number of hydrogen-bond donors (Lipinski definition) is 1. The van der Waals surface area contributed by atoms with Crippen molar-refractivity contribution in [2.24, 2.45) is 0 Å². The van der Waals surface area contributed by atoms with Gasteiger partial charge in [-0.1, -0.05) is 12.1 Å². The van der Waals surface area contributed by atoms with Crippen LogP contribution < -0.4 is 5.32 Å². The summed E-state index contributed by atoms with van der Waals surface area (Å²) in [4.78, 5) is 15.8. The number of rotatable bonds is 3. The lowest BCUT2D eigenvalue weighted by Crippen LogP contribution is -2.18. The summed E-state index contributed by atoms with van der Waals surface area (Å²) in [6.07, 6.45) is -1.88. The summed E-state index contributed by atoms with van der Waals surface area (Å²) in [5, 5.41) is 13.5. The predicted molar refractivity (Wildman–Crippen MR) is 76.3 cm³/mol. The Morgan fingerprint density at radius 3 is 2.50 bits per heavy atom. The minimum Gasteiger partial charge on any atom is -0.320 e. The zero-order valence-corrected chi connectivity index (χ0v) is 11.9. The van der Waals surface area contributed by atoms with Crippen molar-refractivity contribution < 1.29 is 18.0 Å². The molecule has 1 amide bonds. The zero-order valence-electron chi connectivity index (χ0n) is 11.9. The highest BCUT2D eigenvalue weighted by atomic mass is 19.4. The highest BCUT2D eigenvalue weighted by molar-refractivity contribution is 6.03. The van der Waals surface area contributed by atoms with Crippen molar-refractivity contribution in [2.45, 2.75) is 6.18 Å². The van der Waals surface area contributed by atoms with E-state index in [4.69, 9.17) is 0 Å². The number of hydrogen-bond acceptors (Lipinski definition) is 5. The van der Waals surface area contributed by atoms with Crippen molar-refractivity contribution in [3.8, 4) is 5.82 Å². The van der Waals surface area contributed by atoms with E-state index in [2.05, 4.69) is 25.6 Å². The molecule has 122 valence electrons. The molecule has 0 radical (unpaired) electrons. The van der Waals surface area contributed by atoms with Crippen LogP contribution in [0, 0.1) is 0 Å². The first-order valence-corrected chi connectivity index (χ1v) is 6.61. The van der Waals surface area contributed by atoms with Gasteiger partial charge in [0.15, 0.2) is 11.5 Å². The topological polar surface area (TPSA) is 85.6 Å². The number of carbonyl (C=O) groups excluding carboxylic acids is 1. The number of halogens is 3. The van der Waals surface area contributed by atoms with Gasteiger partial charge in [0, 0.05) is 0 Å². The molecule has 0 atom stereocenters. The normalized spacial score (nSPS) is 11.3. The highest BCUT2D eigenvalue weighted by Gasteiger charge is 2.33. The average Bonchev–Trinajstić information content (AvgIpc) is 3.09. The van der Waals surface area contributed by atoms with Gasteiger partial charge in [-0.2, -0.15) is 18.3 Å². The van der Waals surface area contributed by atoms with Crippen molar-refractivity contribution in [3.63, 3.8) is 0 Å². The number of amides is 1. The maximum absolute atomic E-state index is 12.9. The fourth-order valence-corrected chi connectivity index (χ4v) is 1.92. The van der Waals surface area contributed by atoms with E-state index in [0.29, 0.717) is 5.82 Å². The number of alkyl halides is 3. The van der Waals surface area contributed by atoms with Crippen LogP contribution in [0.25, 0.3) is 5.82 Å². The summed E-state index contributed by atoms with van der Waals surface area (Å²) in [6, 6.07) is 7.46. The van der Waals surface area contributed by atoms with E-state index in [1.165, 1.54) is 41.6 Å². The standard InChI is InChI=1S/C14H9F3N6O/c15-14(16,17)9-3-1-2-4-10(9)20-13(24)11-5-6-12(22-21-11)23-8-18-7-19-23/h1-8H,(H,20,24). The van der Waals surface area contributed by atoms with Crippen LogP contribution in [0.5, 0.6) is 0 Å². The Morgan fingerprint density at radius 1 is 1.08 bits per heavy atom. The van der Waals surface area contributed by atoms with E-state index in [1.807, 2.05) is 0 Å². The summed E-state index contributed by atoms with van der Waals surface area (Å²) >= 11 is 0. The molecule has 3 aromatic rings. The second-order valence-corrected chi connectivity index (χ2v) is 4.61. The van der Waals surface area contributed by atoms with Crippen LogP contribution >= 0.6 is 0 Å². The van der Waals surface area contributed by atoms with Gasteiger partial charge in [0.25, 0.3) is 5.91 Å². The SMILES string of the molecule is O=C(Nc1ccccc1C(F)(F)F)c1ccc(-n2cncn2)nn1. The minimum absolute atomic E-state index is 0.129. The quantitative estimate of drug-likeness (QED) is 0.794. The van der Waals surface area contributed by atoms with Crippen LogP contribution in [-0.4, -0.2) is 30.9 Å². The summed E-state index contributed by atoms with van der Waals surface area (Å²) < 4.78 is 40.1. The first kappa shape index (κ1) is 15.6. The third-order valence-electron chi connectivity index (χ3n) is 3.02. The van der Waals surface area contributed by atoms with Crippen molar-refractivity contribution in [2.75, 3.05) is 5.32 Å². The number of nitrogens with one attached hydrogen (secondary N) is 1. The lowest BCUT2D eigenvalue weighted by molar-refractivity contribution is -0.136. The maximum Gasteiger partial charge on any atom is 0.418 e. The van der Waals surface area contributed by atoms with Crippen molar-refractivity contribution in [1.82, 2.24) is 25.0 Å². The van der Waals surface area contributed by atoms with Crippen LogP contribution in [0.1, 0.15) is 16.1 Å². The van der Waals surface area contributed by atoms with E-state index in [-0.39, 0.29) is 11.4 Å². The molecule has 0 aliphatic heterocycles. The fourth-order valence-electron chi connectivity index (χ4n) is 1.92. The molecule has 2 aromatic heterocycles. The van der Waals surface area contributed by atoms with Gasteiger partial charge in [-0.3, -0.25) is 4.79 Å². The average molecular weight is 334 g/mol. The molecular formula is C14H9F3N6O. The van der Waals surface area contributed by atoms with Gasteiger partial charge >= 0.3 is 6.18 Å². The molecule has 3 rings (SSSR count). The molecule has 0 unspecified atom stereocenters. The van der Waals surface area contributed by atoms with Crippen molar-refractivity contribution >= 4 is 11.6 Å². The number of benzene rings is 1. The third-order valence-corrected chi connectivity index (χ3v) is 3.02. The predicted octanol–water partition coefficient (Wildman–Crippen LogP) is 2.33. The minimum atomic E-state index is -4.58. The first-order chi connectivity index (χ1) is 11.4. The number of carbonyl (C=O) groups is 1. The molecule has 0 spiro atoms. The van der Waals surface area contributed by atoms with Crippen molar-refractivity contribution in [3.05, 3.63) is 60.3 Å². The molecule has 1 aromatic carbocycles. The lowest BCUT2D eigenvalue weighted by atomic mass is 10.1. The highest BCUT2D eigenvalue weighted by Crippen LogP contribution is 2.34. The smallest absolute Gasteiger partial charge is 0.320 e. The molecule has 0 saturated heterocycles. The molecule has 0 fully saturated rings. The second-order valence-electron chi connectivity index (χ2n) is 4.61. The summed E-state index contributed by atoms with van der Waals surface area (Å²) in [5.41, 5.74) is -1.42. The molecule has 0 bridgehead atoms.